The number of hydrogen-bond donors (Lipinski definition) is 0. The maximum atomic E-state index is 13.6. The van der Waals surface area contributed by atoms with Crippen LogP contribution in [0.5, 0.6) is 5.75 Å². The van der Waals surface area contributed by atoms with Gasteiger partial charge in [0.2, 0.25) is 5.91 Å². The summed E-state index contributed by atoms with van der Waals surface area (Å²) in [6.45, 7) is 3.22. The highest BCUT2D eigenvalue weighted by Crippen LogP contribution is 2.36. The Morgan fingerprint density at radius 1 is 1.15 bits per heavy atom. The normalized spacial score (nSPS) is 21.1. The van der Waals surface area contributed by atoms with Gasteiger partial charge in [-0.25, -0.2) is 4.39 Å². The van der Waals surface area contributed by atoms with Gasteiger partial charge in [0.1, 0.15) is 18.2 Å². The lowest BCUT2D eigenvalue weighted by Crippen LogP contribution is -2.36. The van der Waals surface area contributed by atoms with Crippen LogP contribution < -0.4 is 4.74 Å². The number of fused-ring (bicyclic) bond motifs is 2. The molecule has 0 saturated heterocycles. The average Bonchev–Trinajstić information content (AvgIpc) is 3.12. The molecule has 2 heterocycles. The third-order valence-electron chi connectivity index (χ3n) is 7.24. The number of halogens is 2. The quantitative estimate of drug-likeness (QED) is 0.491. The SMILES string of the molecule is CN(C)C(=O)[C@H]1CC[C@H](CN2CCOc3c(Cl)cc(-n4ccc5cc(F)ccc54)cc3C2)CC1. The Balaban J connectivity index is 1.33. The first-order chi connectivity index (χ1) is 16.4. The molecule has 7 heteroatoms. The molecule has 1 aliphatic heterocycles. The summed E-state index contributed by atoms with van der Waals surface area (Å²) in [5, 5.41) is 1.45. The third kappa shape index (κ3) is 4.66. The van der Waals surface area contributed by atoms with E-state index in [2.05, 4.69) is 11.0 Å². The van der Waals surface area contributed by atoms with Crippen LogP contribution in [0.3, 0.4) is 0 Å². The molecular weight excluding hydrogens is 453 g/mol. The van der Waals surface area contributed by atoms with Crippen molar-refractivity contribution < 1.29 is 13.9 Å². The first kappa shape index (κ1) is 23.2. The van der Waals surface area contributed by atoms with Crippen LogP contribution >= 0.6 is 11.6 Å². The zero-order valence-corrected chi connectivity index (χ0v) is 20.5. The van der Waals surface area contributed by atoms with E-state index < -0.39 is 0 Å². The Hall–Kier alpha value is -2.57. The van der Waals surface area contributed by atoms with Crippen molar-refractivity contribution in [2.45, 2.75) is 32.2 Å². The van der Waals surface area contributed by atoms with Crippen molar-refractivity contribution in [3.63, 3.8) is 0 Å². The lowest BCUT2D eigenvalue weighted by atomic mass is 9.81. The number of amides is 1. The van der Waals surface area contributed by atoms with E-state index in [1.807, 2.05) is 37.0 Å². The Labute approximate surface area is 205 Å². The second-order valence-electron chi connectivity index (χ2n) is 9.84. The molecule has 2 aliphatic rings. The molecule has 1 amide bonds. The zero-order valence-electron chi connectivity index (χ0n) is 19.8. The molecule has 1 fully saturated rings. The summed E-state index contributed by atoms with van der Waals surface area (Å²) in [4.78, 5) is 16.5. The Kier molecular flexibility index (Phi) is 6.54. The zero-order chi connectivity index (χ0) is 23.8. The number of hydrogen-bond acceptors (Lipinski definition) is 3. The molecule has 0 atom stereocenters. The van der Waals surface area contributed by atoms with Gasteiger partial charge in [-0.2, -0.15) is 0 Å². The van der Waals surface area contributed by atoms with Crippen molar-refractivity contribution in [1.82, 2.24) is 14.4 Å². The van der Waals surface area contributed by atoms with Crippen LogP contribution in [0.25, 0.3) is 16.6 Å². The summed E-state index contributed by atoms with van der Waals surface area (Å²) in [5.74, 6) is 1.54. The van der Waals surface area contributed by atoms with Crippen molar-refractivity contribution >= 4 is 28.4 Å². The van der Waals surface area contributed by atoms with E-state index in [4.69, 9.17) is 16.3 Å². The Bertz CT molecular complexity index is 1200. The maximum Gasteiger partial charge on any atom is 0.225 e. The minimum Gasteiger partial charge on any atom is -0.490 e. The van der Waals surface area contributed by atoms with Crippen molar-refractivity contribution in [2.24, 2.45) is 11.8 Å². The van der Waals surface area contributed by atoms with Gasteiger partial charge >= 0.3 is 0 Å². The van der Waals surface area contributed by atoms with E-state index in [-0.39, 0.29) is 17.6 Å². The number of nitrogens with zero attached hydrogens (tertiary/aromatic N) is 3. The standard InChI is InChI=1S/C27H31ClFN3O2/c1-30(2)27(33)19-5-3-18(4-6-19)16-31-11-12-34-26-21(17-31)14-23(15-24(26)28)32-10-9-20-13-22(29)7-8-25(20)32/h7-10,13-15,18-19H,3-6,11-12,16-17H2,1-2H3/t18-,19-. The average molecular weight is 484 g/mol. The van der Waals surface area contributed by atoms with E-state index in [0.717, 1.165) is 73.2 Å². The third-order valence-corrected chi connectivity index (χ3v) is 7.52. The van der Waals surface area contributed by atoms with Crippen LogP contribution in [0.2, 0.25) is 5.02 Å². The summed E-state index contributed by atoms with van der Waals surface area (Å²) in [6, 6.07) is 10.8. The Morgan fingerprint density at radius 2 is 1.94 bits per heavy atom. The highest BCUT2D eigenvalue weighted by Gasteiger charge is 2.29. The summed E-state index contributed by atoms with van der Waals surface area (Å²) < 4.78 is 21.8. The fraction of sp³-hybridized carbons (Fsp3) is 0.444. The highest BCUT2D eigenvalue weighted by atomic mass is 35.5. The minimum atomic E-state index is -0.241. The van der Waals surface area contributed by atoms with Gasteiger partial charge < -0.3 is 14.2 Å². The smallest absolute Gasteiger partial charge is 0.225 e. The molecule has 1 aromatic heterocycles. The molecule has 0 bridgehead atoms. The fourth-order valence-corrected chi connectivity index (χ4v) is 5.75. The van der Waals surface area contributed by atoms with Gasteiger partial charge in [0.25, 0.3) is 0 Å². The van der Waals surface area contributed by atoms with Crippen molar-refractivity contribution in [3.8, 4) is 11.4 Å². The molecule has 0 radical (unpaired) electrons. The van der Waals surface area contributed by atoms with Crippen LogP contribution in [0.4, 0.5) is 4.39 Å². The molecule has 1 saturated carbocycles. The molecular formula is C27H31ClFN3O2. The highest BCUT2D eigenvalue weighted by molar-refractivity contribution is 6.32. The van der Waals surface area contributed by atoms with Crippen molar-refractivity contribution in [1.29, 1.82) is 0 Å². The van der Waals surface area contributed by atoms with E-state index in [1.54, 1.807) is 17.0 Å². The van der Waals surface area contributed by atoms with E-state index >= 15 is 0 Å². The number of benzene rings is 2. The molecule has 34 heavy (non-hydrogen) atoms. The van der Waals surface area contributed by atoms with Gasteiger partial charge in [-0.1, -0.05) is 11.6 Å². The second kappa shape index (κ2) is 9.59. The van der Waals surface area contributed by atoms with Gasteiger partial charge in [0.05, 0.1) is 10.5 Å². The van der Waals surface area contributed by atoms with Crippen LogP contribution in [-0.2, 0) is 11.3 Å². The van der Waals surface area contributed by atoms with E-state index in [0.29, 0.717) is 17.5 Å². The lowest BCUT2D eigenvalue weighted by Gasteiger charge is -2.32. The second-order valence-corrected chi connectivity index (χ2v) is 10.2. The van der Waals surface area contributed by atoms with E-state index in [1.165, 1.54) is 6.07 Å². The summed E-state index contributed by atoms with van der Waals surface area (Å²) in [5.41, 5.74) is 2.95. The largest absolute Gasteiger partial charge is 0.490 e. The van der Waals surface area contributed by atoms with Crippen LogP contribution in [-0.4, -0.2) is 54.1 Å². The minimum absolute atomic E-state index is 0.172. The van der Waals surface area contributed by atoms with E-state index in [9.17, 15) is 9.18 Å². The molecule has 1 aliphatic carbocycles. The molecule has 5 nitrogen and oxygen atoms in total. The summed E-state index contributed by atoms with van der Waals surface area (Å²) in [6.07, 6.45) is 6.06. The Morgan fingerprint density at radius 3 is 2.71 bits per heavy atom. The number of aromatic nitrogens is 1. The van der Waals surface area contributed by atoms with Crippen LogP contribution in [0.1, 0.15) is 31.2 Å². The molecule has 180 valence electrons. The van der Waals surface area contributed by atoms with Crippen LogP contribution in [0.15, 0.2) is 42.6 Å². The molecule has 5 rings (SSSR count). The number of carbonyl (C=O) groups is 1. The number of rotatable bonds is 4. The molecule has 3 aromatic rings. The summed E-state index contributed by atoms with van der Waals surface area (Å²) >= 11 is 6.67. The molecule has 0 spiro atoms. The fourth-order valence-electron chi connectivity index (χ4n) is 5.47. The van der Waals surface area contributed by atoms with Crippen LogP contribution in [0, 0.1) is 17.7 Å². The maximum absolute atomic E-state index is 13.6. The first-order valence-electron chi connectivity index (χ1n) is 12.0. The first-order valence-corrected chi connectivity index (χ1v) is 12.4. The van der Waals surface area contributed by atoms with Gasteiger partial charge in [0, 0.05) is 62.5 Å². The monoisotopic (exact) mass is 483 g/mol. The molecule has 0 unspecified atom stereocenters. The van der Waals surface area contributed by atoms with Crippen molar-refractivity contribution in [3.05, 3.63) is 59.0 Å². The predicted molar refractivity (Wildman–Crippen MR) is 133 cm³/mol. The lowest BCUT2D eigenvalue weighted by molar-refractivity contribution is -0.134. The van der Waals surface area contributed by atoms with Gasteiger partial charge in [-0.15, -0.1) is 0 Å². The molecule has 0 N–H and O–H groups in total. The molecule has 2 aromatic carbocycles. The predicted octanol–water partition coefficient (Wildman–Crippen LogP) is 5.51. The number of ether oxygens (including phenoxy) is 1. The topological polar surface area (TPSA) is 37.7 Å². The van der Waals surface area contributed by atoms with Gasteiger partial charge in [0.15, 0.2) is 0 Å². The van der Waals surface area contributed by atoms with Gasteiger partial charge in [-0.05, 0) is 68.0 Å². The van der Waals surface area contributed by atoms with Crippen molar-refractivity contribution in [2.75, 3.05) is 33.8 Å². The summed E-state index contributed by atoms with van der Waals surface area (Å²) in [7, 11) is 3.69. The van der Waals surface area contributed by atoms with Gasteiger partial charge in [-0.3, -0.25) is 9.69 Å². The number of carbonyl (C=O) groups excluding carboxylic acids is 1.